The van der Waals surface area contributed by atoms with Crippen LogP contribution in [0.1, 0.15) is 35.3 Å². The predicted molar refractivity (Wildman–Crippen MR) is 77.6 cm³/mol. The molecule has 1 atom stereocenters. The predicted octanol–water partition coefficient (Wildman–Crippen LogP) is 0.762. The van der Waals surface area contributed by atoms with Crippen molar-refractivity contribution in [3.63, 3.8) is 0 Å². The molecule has 0 bridgehead atoms. The molecule has 1 aliphatic rings. The zero-order chi connectivity index (χ0) is 18.2. The van der Waals surface area contributed by atoms with Gasteiger partial charge in [-0.15, -0.1) is 0 Å². The van der Waals surface area contributed by atoms with Crippen molar-refractivity contribution in [3.05, 3.63) is 28.8 Å². The minimum atomic E-state index is -4.91. The topological polar surface area (TPSA) is 95.9 Å². The molecule has 0 aliphatic carbocycles. The molecule has 1 heterocycles. The van der Waals surface area contributed by atoms with Crippen molar-refractivity contribution in [1.82, 2.24) is 5.32 Å². The molecule has 0 fully saturated rings. The van der Waals surface area contributed by atoms with Crippen molar-refractivity contribution < 1.29 is 37.5 Å². The zero-order valence-corrected chi connectivity index (χ0v) is 12.8. The number of halogens is 3. The van der Waals surface area contributed by atoms with Gasteiger partial charge < -0.3 is 20.1 Å². The van der Waals surface area contributed by atoms with E-state index < -0.39 is 53.7 Å². The molecule has 0 unspecified atom stereocenters. The number of hydrogen-bond acceptors (Lipinski definition) is 4. The number of rotatable bonds is 4. The molecule has 6 nitrogen and oxygen atoms in total. The number of aliphatic carboxylic acids is 1. The highest BCUT2D eigenvalue weighted by Gasteiger charge is 2.44. The molecule has 10 heteroatoms. The van der Waals surface area contributed by atoms with Crippen LogP contribution >= 0.6 is 0 Å². The largest absolute Gasteiger partial charge is 0.492 e. The molecule has 24 heavy (non-hydrogen) atoms. The van der Waals surface area contributed by atoms with E-state index in [-0.39, 0.29) is 12.2 Å². The number of carboxylic acids is 1. The number of carboxylic acid groups (broad SMARTS) is 1. The minimum Gasteiger partial charge on any atom is -0.480 e. The number of nitrogens with one attached hydrogen (secondary N) is 1. The van der Waals surface area contributed by atoms with Gasteiger partial charge in [0.15, 0.2) is 0 Å². The van der Waals surface area contributed by atoms with Crippen LogP contribution < -0.4 is 10.8 Å². The first-order valence-corrected chi connectivity index (χ1v) is 7.10. The second-order valence-electron chi connectivity index (χ2n) is 5.76. The molecule has 0 radical (unpaired) electrons. The summed E-state index contributed by atoms with van der Waals surface area (Å²) in [5.41, 5.74) is -2.44. The Balaban J connectivity index is 2.49. The monoisotopic (exact) mass is 345 g/mol. The lowest BCUT2D eigenvalue weighted by atomic mass is 9.74. The van der Waals surface area contributed by atoms with E-state index in [1.54, 1.807) is 0 Å². The second-order valence-corrected chi connectivity index (χ2v) is 5.76. The molecule has 0 aromatic heterocycles. The summed E-state index contributed by atoms with van der Waals surface area (Å²) < 4.78 is 45.1. The van der Waals surface area contributed by atoms with Crippen molar-refractivity contribution in [1.29, 1.82) is 0 Å². The molecule has 1 amide bonds. The van der Waals surface area contributed by atoms with E-state index in [1.165, 1.54) is 19.9 Å². The summed E-state index contributed by atoms with van der Waals surface area (Å²) in [4.78, 5) is 23.4. The van der Waals surface area contributed by atoms with Crippen molar-refractivity contribution in [2.24, 2.45) is 5.92 Å². The molecule has 1 aromatic carbocycles. The number of carbonyl (C=O) groups excluding carboxylic acids is 1. The summed E-state index contributed by atoms with van der Waals surface area (Å²) in [5.74, 6) is -3.05. The Morgan fingerprint density at radius 2 is 1.96 bits per heavy atom. The summed E-state index contributed by atoms with van der Waals surface area (Å²) in [6.07, 6.45) is -4.91. The molecule has 0 spiro atoms. The lowest BCUT2D eigenvalue weighted by Crippen LogP contribution is -2.46. The van der Waals surface area contributed by atoms with Crippen LogP contribution in [-0.2, 0) is 22.2 Å². The van der Waals surface area contributed by atoms with E-state index >= 15 is 0 Å². The van der Waals surface area contributed by atoms with Gasteiger partial charge in [0.05, 0.1) is 17.7 Å². The zero-order valence-electron chi connectivity index (χ0n) is 12.8. The number of hydrogen-bond donors (Lipinski definition) is 3. The Labute approximate surface area is 135 Å². The van der Waals surface area contributed by atoms with Crippen LogP contribution in [0.25, 0.3) is 0 Å². The van der Waals surface area contributed by atoms with Gasteiger partial charge in [0.25, 0.3) is 5.91 Å². The number of benzene rings is 1. The maximum Gasteiger partial charge on any atom is 0.492 e. The summed E-state index contributed by atoms with van der Waals surface area (Å²) >= 11 is 0. The normalized spacial score (nSPS) is 15.4. The number of carbonyl (C=O) groups is 2. The third kappa shape index (κ3) is 3.39. The fourth-order valence-electron chi connectivity index (χ4n) is 2.55. The second kappa shape index (κ2) is 6.44. The lowest BCUT2D eigenvalue weighted by molar-refractivity contribution is -0.140. The molecular weight excluding hydrogens is 330 g/mol. The number of fused-ring (bicyclic) bond motifs is 1. The third-order valence-electron chi connectivity index (χ3n) is 3.73. The SMILES string of the molecule is CC(C)[C@H](NC(=O)c1ccc2c(c1C(F)(F)F)B(O)OC2)C(=O)O. The Kier molecular flexibility index (Phi) is 4.91. The molecule has 3 N–H and O–H groups in total. The first-order valence-electron chi connectivity index (χ1n) is 7.10. The van der Waals surface area contributed by atoms with E-state index in [1.807, 2.05) is 0 Å². The summed E-state index contributed by atoms with van der Waals surface area (Å²) in [5, 5.41) is 20.8. The molecule has 0 saturated carbocycles. The number of alkyl halides is 3. The van der Waals surface area contributed by atoms with Gasteiger partial charge in [-0.25, -0.2) is 4.79 Å². The average Bonchev–Trinajstić information content (AvgIpc) is 2.83. The first kappa shape index (κ1) is 18.3. The van der Waals surface area contributed by atoms with Gasteiger partial charge in [0.2, 0.25) is 0 Å². The van der Waals surface area contributed by atoms with Crippen LogP contribution in [0.2, 0.25) is 0 Å². The van der Waals surface area contributed by atoms with Gasteiger partial charge in [-0.1, -0.05) is 19.9 Å². The fourth-order valence-corrected chi connectivity index (χ4v) is 2.55. The molecule has 0 saturated heterocycles. The van der Waals surface area contributed by atoms with E-state index in [0.29, 0.717) is 0 Å². The van der Waals surface area contributed by atoms with Crippen LogP contribution in [0.4, 0.5) is 13.2 Å². The van der Waals surface area contributed by atoms with Gasteiger partial charge >= 0.3 is 19.3 Å². The van der Waals surface area contributed by atoms with Crippen LogP contribution in [0.15, 0.2) is 12.1 Å². The quantitative estimate of drug-likeness (QED) is 0.701. The van der Waals surface area contributed by atoms with Gasteiger partial charge in [0.1, 0.15) is 6.04 Å². The molecule has 2 rings (SSSR count). The summed E-state index contributed by atoms with van der Waals surface area (Å²) in [6.45, 7) is 2.83. The van der Waals surface area contributed by atoms with E-state index in [2.05, 4.69) is 5.32 Å². The molecular formula is C14H15BF3NO5. The smallest absolute Gasteiger partial charge is 0.480 e. The van der Waals surface area contributed by atoms with E-state index in [4.69, 9.17) is 9.76 Å². The molecule has 130 valence electrons. The van der Waals surface area contributed by atoms with Crippen LogP contribution in [-0.4, -0.2) is 35.2 Å². The third-order valence-corrected chi connectivity index (χ3v) is 3.73. The highest BCUT2D eigenvalue weighted by Crippen LogP contribution is 2.33. The molecule has 1 aromatic rings. The Morgan fingerprint density at radius 1 is 1.33 bits per heavy atom. The Hall–Kier alpha value is -2.07. The number of amides is 1. The maximum atomic E-state index is 13.4. The van der Waals surface area contributed by atoms with Crippen LogP contribution in [0.3, 0.4) is 0 Å². The van der Waals surface area contributed by atoms with Crippen LogP contribution in [0, 0.1) is 5.92 Å². The van der Waals surface area contributed by atoms with Gasteiger partial charge in [0, 0.05) is 5.46 Å². The van der Waals surface area contributed by atoms with E-state index in [0.717, 1.165) is 6.07 Å². The van der Waals surface area contributed by atoms with Crippen molar-refractivity contribution in [2.75, 3.05) is 0 Å². The summed E-state index contributed by atoms with van der Waals surface area (Å²) in [7, 11) is -1.79. The average molecular weight is 345 g/mol. The van der Waals surface area contributed by atoms with Crippen molar-refractivity contribution >= 4 is 24.5 Å². The fraction of sp³-hybridized carbons (Fsp3) is 0.429. The summed E-state index contributed by atoms with van der Waals surface area (Å²) in [6, 6.07) is 0.867. The molecule has 1 aliphatic heterocycles. The first-order chi connectivity index (χ1) is 11.0. The highest BCUT2D eigenvalue weighted by molar-refractivity contribution is 6.62. The Morgan fingerprint density at radius 3 is 2.46 bits per heavy atom. The Bertz CT molecular complexity index is 677. The lowest BCUT2D eigenvalue weighted by Gasteiger charge is -2.21. The van der Waals surface area contributed by atoms with Crippen LogP contribution in [0.5, 0.6) is 0 Å². The van der Waals surface area contributed by atoms with Gasteiger partial charge in [-0.2, -0.15) is 13.2 Å². The van der Waals surface area contributed by atoms with Crippen molar-refractivity contribution in [2.45, 2.75) is 32.7 Å². The van der Waals surface area contributed by atoms with Crippen molar-refractivity contribution in [3.8, 4) is 0 Å². The van der Waals surface area contributed by atoms with Gasteiger partial charge in [-0.3, -0.25) is 4.79 Å². The minimum absolute atomic E-state index is 0.130. The highest BCUT2D eigenvalue weighted by atomic mass is 19.4. The standard InChI is InChI=1S/C14H15BF3NO5/c1-6(2)11(13(21)22)19-12(20)8-4-3-7-5-24-15(23)10(7)9(8)14(16,17)18/h3-4,6,11,23H,5H2,1-2H3,(H,19,20)(H,21,22)/t11-/m0/s1. The van der Waals surface area contributed by atoms with E-state index in [9.17, 15) is 27.8 Å². The maximum absolute atomic E-state index is 13.4. The van der Waals surface area contributed by atoms with Gasteiger partial charge in [-0.05, 0) is 17.5 Å².